The van der Waals surface area contributed by atoms with Crippen LogP contribution in [0.4, 0.5) is 24.7 Å². The van der Waals surface area contributed by atoms with Crippen molar-refractivity contribution >= 4 is 47.0 Å². The molecule has 14 nitrogen and oxygen atoms in total. The molecule has 0 saturated heterocycles. The van der Waals surface area contributed by atoms with Crippen LogP contribution in [-0.4, -0.2) is 65.7 Å². The number of halogens is 4. The fourth-order valence-electron chi connectivity index (χ4n) is 4.54. The summed E-state index contributed by atoms with van der Waals surface area (Å²) in [7, 11) is 0. The van der Waals surface area contributed by atoms with Crippen LogP contribution in [0.15, 0.2) is 43.0 Å². The van der Waals surface area contributed by atoms with Gasteiger partial charge in [0.2, 0.25) is 5.91 Å². The van der Waals surface area contributed by atoms with Crippen LogP contribution in [0.1, 0.15) is 35.8 Å². The summed E-state index contributed by atoms with van der Waals surface area (Å²) in [5.41, 5.74) is 5.20. The Kier molecular flexibility index (Phi) is 9.89. The van der Waals surface area contributed by atoms with E-state index < -0.39 is 23.8 Å². The molecule has 2 amide bonds. The minimum Gasteiger partial charge on any atom is -0.483 e. The number of amides is 2. The molecule has 3 aromatic heterocycles. The number of imidazole rings is 1. The second-order valence-electron chi connectivity index (χ2n) is 9.91. The Morgan fingerprint density at radius 1 is 1.31 bits per heavy atom. The summed E-state index contributed by atoms with van der Waals surface area (Å²) in [4.78, 5) is 42.0. The Bertz CT molecular complexity index is 1760. The van der Waals surface area contributed by atoms with Gasteiger partial charge in [0.25, 0.3) is 12.4 Å². The number of nitrogens with one attached hydrogen (secondary N) is 3. The van der Waals surface area contributed by atoms with Crippen LogP contribution in [0.3, 0.4) is 0 Å². The van der Waals surface area contributed by atoms with Gasteiger partial charge in [0, 0.05) is 36.4 Å². The zero-order valence-corrected chi connectivity index (χ0v) is 24.2. The van der Waals surface area contributed by atoms with Gasteiger partial charge >= 0.3 is 6.18 Å². The lowest BCUT2D eigenvalue weighted by Crippen LogP contribution is -2.54. The molecule has 0 unspecified atom stereocenters. The van der Waals surface area contributed by atoms with Crippen LogP contribution >= 0.6 is 11.6 Å². The zero-order valence-electron chi connectivity index (χ0n) is 23.4. The third-order valence-corrected chi connectivity index (χ3v) is 7.02. The summed E-state index contributed by atoms with van der Waals surface area (Å²) in [6.07, 6.45) is 1.84. The summed E-state index contributed by atoms with van der Waals surface area (Å²) in [6.45, 7) is 0.956. The van der Waals surface area contributed by atoms with Crippen molar-refractivity contribution in [3.63, 3.8) is 0 Å². The van der Waals surface area contributed by atoms with E-state index in [1.54, 1.807) is 19.1 Å². The van der Waals surface area contributed by atoms with Crippen molar-refractivity contribution in [1.29, 1.82) is 5.26 Å². The highest BCUT2D eigenvalue weighted by molar-refractivity contribution is 6.34. The molecule has 0 bridgehead atoms. The highest BCUT2D eigenvalue weighted by Gasteiger charge is 2.38. The van der Waals surface area contributed by atoms with Crippen LogP contribution in [0, 0.1) is 11.3 Å². The van der Waals surface area contributed by atoms with Crippen molar-refractivity contribution in [1.82, 2.24) is 34.8 Å². The first-order valence-electron chi connectivity index (χ1n) is 13.2. The molecule has 1 aliphatic rings. The minimum absolute atomic E-state index is 0.00186. The SMILES string of the molecule is C[C@@H](NC(=O)c1ccc(Nc2nccn3c(-c4cn(CC#N)nc4C(F)(F)F)cnc23)cc1Cl)C(=O)NC1CC(N)C1.O=CO. The Labute approximate surface area is 258 Å². The number of nitrogens with zero attached hydrogens (tertiary/aromatic N) is 6. The number of nitrogens with two attached hydrogens (primary N) is 1. The van der Waals surface area contributed by atoms with Gasteiger partial charge in [-0.05, 0) is 38.0 Å². The number of carbonyl (C=O) groups excluding carboxylic acids is 2. The minimum atomic E-state index is -4.76. The molecular weight excluding hydrogens is 621 g/mol. The molecule has 3 heterocycles. The highest BCUT2D eigenvalue weighted by Crippen LogP contribution is 2.37. The molecule has 1 aliphatic carbocycles. The molecule has 236 valence electrons. The van der Waals surface area contributed by atoms with Crippen molar-refractivity contribution in [2.45, 2.75) is 50.6 Å². The lowest BCUT2D eigenvalue weighted by molar-refractivity contribution is -0.141. The summed E-state index contributed by atoms with van der Waals surface area (Å²) in [5, 5.41) is 27.9. The molecule has 45 heavy (non-hydrogen) atoms. The van der Waals surface area contributed by atoms with Crippen molar-refractivity contribution in [3.05, 3.63) is 59.3 Å². The van der Waals surface area contributed by atoms with Crippen molar-refractivity contribution in [2.24, 2.45) is 5.73 Å². The molecule has 5 rings (SSSR count). The van der Waals surface area contributed by atoms with Crippen LogP contribution < -0.4 is 21.7 Å². The van der Waals surface area contributed by atoms with E-state index in [4.69, 9.17) is 32.5 Å². The fraction of sp³-hybridized carbons (Fsp3) is 0.296. The van der Waals surface area contributed by atoms with E-state index in [1.807, 2.05) is 0 Å². The standard InChI is InChI=1S/C26H24ClF3N10O2.CH2O2/c1-13(24(41)37-16-8-14(32)9-16)35-25(42)17-3-2-15(10-19(17)27)36-22-23-34-11-20(40(23)7-5-33-22)18-12-39(6-4-31)38-21(18)26(28,29)30;2-1-3/h2-3,5,7,10-14,16H,6,8-9,32H2,1H3,(H,33,36)(H,35,42)(H,37,41);1H,(H,2,3)/t13-,14?,16?;/m1./s1. The van der Waals surface area contributed by atoms with Gasteiger partial charge in [-0.15, -0.1) is 0 Å². The summed E-state index contributed by atoms with van der Waals surface area (Å²) >= 11 is 6.38. The van der Waals surface area contributed by atoms with E-state index in [0.717, 1.165) is 10.9 Å². The number of carboxylic acid groups (broad SMARTS) is 1. The number of hydrogen-bond donors (Lipinski definition) is 5. The molecule has 0 spiro atoms. The Morgan fingerprint density at radius 2 is 2.02 bits per heavy atom. The third-order valence-electron chi connectivity index (χ3n) is 6.71. The van der Waals surface area contributed by atoms with Crippen molar-refractivity contribution < 1.29 is 32.7 Å². The first-order valence-corrected chi connectivity index (χ1v) is 13.6. The van der Waals surface area contributed by atoms with E-state index in [-0.39, 0.29) is 64.3 Å². The van der Waals surface area contributed by atoms with Gasteiger partial charge < -0.3 is 26.8 Å². The maximum atomic E-state index is 13.7. The largest absolute Gasteiger partial charge is 0.483 e. The second-order valence-corrected chi connectivity index (χ2v) is 10.3. The predicted molar refractivity (Wildman–Crippen MR) is 154 cm³/mol. The molecule has 1 atom stereocenters. The number of carbonyl (C=O) groups is 3. The molecule has 0 aliphatic heterocycles. The molecule has 18 heteroatoms. The van der Waals surface area contributed by atoms with Crippen LogP contribution in [-0.2, 0) is 22.3 Å². The maximum Gasteiger partial charge on any atom is 0.435 e. The van der Waals surface area contributed by atoms with Gasteiger partial charge in [0.1, 0.15) is 12.6 Å². The first-order chi connectivity index (χ1) is 21.4. The molecular formula is C27H26ClF3N10O4. The number of nitriles is 1. The Hall–Kier alpha value is -5.21. The summed E-state index contributed by atoms with van der Waals surface area (Å²) in [5.74, 6) is -0.668. The maximum absolute atomic E-state index is 13.7. The second kappa shape index (κ2) is 13.6. The number of anilines is 2. The number of alkyl halides is 3. The van der Waals surface area contributed by atoms with E-state index in [1.165, 1.54) is 35.1 Å². The lowest BCUT2D eigenvalue weighted by atomic mass is 9.87. The van der Waals surface area contributed by atoms with E-state index >= 15 is 0 Å². The number of aromatic nitrogens is 5. The first kappa shape index (κ1) is 32.7. The normalized spacial score (nSPS) is 16.4. The number of hydrogen-bond acceptors (Lipinski definition) is 9. The molecule has 1 fully saturated rings. The Morgan fingerprint density at radius 3 is 2.64 bits per heavy atom. The smallest absolute Gasteiger partial charge is 0.435 e. The highest BCUT2D eigenvalue weighted by atomic mass is 35.5. The Balaban J connectivity index is 0.00000148. The van der Waals surface area contributed by atoms with Crippen LogP contribution in [0.5, 0.6) is 0 Å². The van der Waals surface area contributed by atoms with Gasteiger partial charge in [-0.2, -0.15) is 23.5 Å². The van der Waals surface area contributed by atoms with E-state index in [0.29, 0.717) is 18.5 Å². The average molecular weight is 647 g/mol. The molecule has 1 saturated carbocycles. The molecule has 4 aromatic rings. The van der Waals surface area contributed by atoms with Crippen molar-refractivity contribution in [3.8, 4) is 17.3 Å². The quantitative estimate of drug-likeness (QED) is 0.177. The summed E-state index contributed by atoms with van der Waals surface area (Å²) in [6, 6.07) is 5.54. The average Bonchev–Trinajstić information content (AvgIpc) is 3.58. The number of rotatable bonds is 8. The lowest BCUT2D eigenvalue weighted by Gasteiger charge is -2.33. The predicted octanol–water partition coefficient (Wildman–Crippen LogP) is 2.96. The van der Waals surface area contributed by atoms with Crippen molar-refractivity contribution in [2.75, 3.05) is 5.32 Å². The zero-order chi connectivity index (χ0) is 32.9. The van der Waals surface area contributed by atoms with Gasteiger partial charge in [0.15, 0.2) is 17.2 Å². The van der Waals surface area contributed by atoms with Crippen LogP contribution in [0.25, 0.3) is 16.9 Å². The van der Waals surface area contributed by atoms with E-state index in [2.05, 4.69) is 31.0 Å². The van der Waals surface area contributed by atoms with Gasteiger partial charge in [-0.25, -0.2) is 9.97 Å². The number of fused-ring (bicyclic) bond motifs is 1. The summed E-state index contributed by atoms with van der Waals surface area (Å²) < 4.78 is 43.4. The molecule has 1 aromatic carbocycles. The van der Waals surface area contributed by atoms with Gasteiger partial charge in [-0.1, -0.05) is 11.6 Å². The fourth-order valence-corrected chi connectivity index (χ4v) is 4.80. The molecule has 6 N–H and O–H groups in total. The molecule has 0 radical (unpaired) electrons. The third kappa shape index (κ3) is 7.48. The van der Waals surface area contributed by atoms with Gasteiger partial charge in [-0.3, -0.25) is 23.5 Å². The van der Waals surface area contributed by atoms with Gasteiger partial charge in [0.05, 0.1) is 34.1 Å². The monoisotopic (exact) mass is 646 g/mol. The van der Waals surface area contributed by atoms with Crippen LogP contribution in [0.2, 0.25) is 5.02 Å². The number of benzene rings is 1. The topological polar surface area (TPSA) is 205 Å². The van der Waals surface area contributed by atoms with E-state index in [9.17, 15) is 22.8 Å².